The van der Waals surface area contributed by atoms with Crippen molar-refractivity contribution in [2.45, 2.75) is 97.8 Å². The molecule has 0 amide bonds. The minimum Gasteiger partial charge on any atom is -0.459 e. The molecule has 0 aliphatic rings. The van der Waals surface area contributed by atoms with E-state index in [9.17, 15) is 4.79 Å². The van der Waals surface area contributed by atoms with Crippen LogP contribution in [0.25, 0.3) is 0 Å². The highest BCUT2D eigenvalue weighted by molar-refractivity contribution is 6.99. The Morgan fingerprint density at radius 2 is 1.28 bits per heavy atom. The Kier molecular flexibility index (Phi) is 10.5. The van der Waals surface area contributed by atoms with E-state index in [1.54, 1.807) is 7.11 Å². The molecule has 0 aliphatic heterocycles. The van der Waals surface area contributed by atoms with Crippen LogP contribution in [0, 0.1) is 5.41 Å². The van der Waals surface area contributed by atoms with Gasteiger partial charge in [-0.05, 0) is 62.9 Å². The van der Waals surface area contributed by atoms with E-state index < -0.39 is 19.3 Å². The molecule has 0 saturated heterocycles. The first-order valence-electron chi connectivity index (χ1n) is 13.3. The van der Waals surface area contributed by atoms with E-state index in [0.29, 0.717) is 6.61 Å². The Hall–Kier alpha value is -1.95. The van der Waals surface area contributed by atoms with Crippen molar-refractivity contribution in [2.75, 3.05) is 13.7 Å². The van der Waals surface area contributed by atoms with Crippen molar-refractivity contribution in [1.29, 1.82) is 0 Å². The molecule has 2 aromatic carbocycles. The fourth-order valence-electron chi connectivity index (χ4n) is 4.91. The Bertz CT molecular complexity index is 887. The van der Waals surface area contributed by atoms with E-state index in [-0.39, 0.29) is 17.1 Å². The molecule has 0 fully saturated rings. The molecule has 0 N–H and O–H groups in total. The van der Waals surface area contributed by atoms with Crippen LogP contribution in [-0.4, -0.2) is 39.7 Å². The van der Waals surface area contributed by atoms with Crippen molar-refractivity contribution in [3.05, 3.63) is 60.7 Å². The predicted octanol–water partition coefficient (Wildman–Crippen LogP) is 6.51. The summed E-state index contributed by atoms with van der Waals surface area (Å²) in [7, 11) is -0.808. The quantitative estimate of drug-likeness (QED) is 0.185. The van der Waals surface area contributed by atoms with Crippen molar-refractivity contribution >= 4 is 24.7 Å². The standard InChI is InChI=1S/C31H48O4Si/c1-29(2,3)35-28(32)31(7,8)27(33-9)23-17-12-18-24-34-36(30(4,5)6,25-19-13-10-14-20-25)26-21-15-11-16-22-26/h10-11,13-16,19-22,27H,12,17-18,23-24H2,1-9H3. The summed E-state index contributed by atoms with van der Waals surface area (Å²) in [5, 5.41) is 2.60. The van der Waals surface area contributed by atoms with Gasteiger partial charge in [0.15, 0.2) is 0 Å². The molecular weight excluding hydrogens is 464 g/mol. The molecular formula is C31H48O4Si. The fourth-order valence-corrected chi connectivity index (χ4v) is 9.52. The maximum absolute atomic E-state index is 12.8. The molecule has 1 atom stereocenters. The number of methoxy groups -OCH3 is 1. The van der Waals surface area contributed by atoms with Crippen LogP contribution in [0.4, 0.5) is 0 Å². The predicted molar refractivity (Wildman–Crippen MR) is 152 cm³/mol. The van der Waals surface area contributed by atoms with Gasteiger partial charge < -0.3 is 13.9 Å². The van der Waals surface area contributed by atoms with Gasteiger partial charge in [-0.2, -0.15) is 0 Å². The van der Waals surface area contributed by atoms with Crippen molar-refractivity contribution in [3.8, 4) is 0 Å². The summed E-state index contributed by atoms with van der Waals surface area (Å²) in [5.74, 6) is -0.211. The van der Waals surface area contributed by atoms with Crippen molar-refractivity contribution in [2.24, 2.45) is 5.41 Å². The van der Waals surface area contributed by atoms with Gasteiger partial charge in [0.2, 0.25) is 0 Å². The number of carbonyl (C=O) groups excluding carboxylic acids is 1. The van der Waals surface area contributed by atoms with Gasteiger partial charge in [-0.1, -0.05) is 94.3 Å². The average molecular weight is 513 g/mol. The molecule has 4 nitrogen and oxygen atoms in total. The van der Waals surface area contributed by atoms with Gasteiger partial charge in [0.05, 0.1) is 11.5 Å². The minimum atomic E-state index is -2.49. The van der Waals surface area contributed by atoms with E-state index in [4.69, 9.17) is 13.9 Å². The second kappa shape index (κ2) is 12.5. The van der Waals surface area contributed by atoms with Gasteiger partial charge in [0, 0.05) is 13.7 Å². The number of unbranched alkanes of at least 4 members (excludes halogenated alkanes) is 2. The SMILES string of the molecule is COC(CCCCCO[Si](c1ccccc1)(c1ccccc1)C(C)(C)C)C(C)(C)C(=O)OC(C)(C)C. The van der Waals surface area contributed by atoms with Gasteiger partial charge in [0.1, 0.15) is 5.60 Å². The first-order valence-corrected chi connectivity index (χ1v) is 15.2. The van der Waals surface area contributed by atoms with Crippen LogP contribution in [-0.2, 0) is 18.7 Å². The van der Waals surface area contributed by atoms with E-state index in [1.165, 1.54) is 10.4 Å². The number of hydrogen-bond acceptors (Lipinski definition) is 4. The monoisotopic (exact) mass is 512 g/mol. The van der Waals surface area contributed by atoms with Crippen molar-refractivity contribution in [1.82, 2.24) is 0 Å². The fraction of sp³-hybridized carbons (Fsp3) is 0.581. The highest BCUT2D eigenvalue weighted by atomic mass is 28.4. The highest BCUT2D eigenvalue weighted by Crippen LogP contribution is 2.37. The van der Waals surface area contributed by atoms with Gasteiger partial charge in [-0.3, -0.25) is 4.79 Å². The second-order valence-electron chi connectivity index (χ2n) is 12.3. The van der Waals surface area contributed by atoms with Crippen LogP contribution in [0.1, 0.15) is 81.1 Å². The Morgan fingerprint density at radius 1 is 0.778 bits per heavy atom. The van der Waals surface area contributed by atoms with Crippen LogP contribution in [0.5, 0.6) is 0 Å². The molecule has 2 aromatic rings. The van der Waals surface area contributed by atoms with Crippen molar-refractivity contribution < 1.29 is 18.7 Å². The summed E-state index contributed by atoms with van der Waals surface area (Å²) in [5.41, 5.74) is -1.21. The zero-order chi connectivity index (χ0) is 27.0. The lowest BCUT2D eigenvalue weighted by Gasteiger charge is -2.43. The largest absolute Gasteiger partial charge is 0.459 e. The Labute approximate surface area is 220 Å². The van der Waals surface area contributed by atoms with Crippen LogP contribution >= 0.6 is 0 Å². The summed E-state index contributed by atoms with van der Waals surface area (Å²) in [4.78, 5) is 12.8. The summed E-state index contributed by atoms with van der Waals surface area (Å²) in [6.07, 6.45) is 3.57. The molecule has 0 bridgehead atoms. The van der Waals surface area contributed by atoms with Crippen LogP contribution in [0.2, 0.25) is 5.04 Å². The smallest absolute Gasteiger partial charge is 0.314 e. The summed E-state index contributed by atoms with van der Waals surface area (Å²) < 4.78 is 18.4. The van der Waals surface area contributed by atoms with E-state index in [2.05, 4.69) is 81.4 Å². The molecule has 2 rings (SSSR count). The molecule has 0 heterocycles. The van der Waals surface area contributed by atoms with E-state index >= 15 is 0 Å². The van der Waals surface area contributed by atoms with Gasteiger partial charge in [0.25, 0.3) is 8.32 Å². The maximum Gasteiger partial charge on any atom is 0.314 e. The normalized spacial score (nSPS) is 13.9. The number of carbonyl (C=O) groups is 1. The number of rotatable bonds is 12. The van der Waals surface area contributed by atoms with Crippen LogP contribution in [0.3, 0.4) is 0 Å². The first-order chi connectivity index (χ1) is 16.8. The number of benzene rings is 2. The molecule has 36 heavy (non-hydrogen) atoms. The number of hydrogen-bond donors (Lipinski definition) is 0. The topological polar surface area (TPSA) is 44.8 Å². The van der Waals surface area contributed by atoms with Gasteiger partial charge in [-0.15, -0.1) is 0 Å². The second-order valence-corrected chi connectivity index (χ2v) is 16.6. The molecule has 200 valence electrons. The number of esters is 1. The lowest BCUT2D eigenvalue weighted by molar-refractivity contribution is -0.174. The molecule has 1 unspecified atom stereocenters. The van der Waals surface area contributed by atoms with Gasteiger partial charge >= 0.3 is 5.97 Å². The maximum atomic E-state index is 12.8. The molecule has 5 heteroatoms. The molecule has 0 spiro atoms. The lowest BCUT2D eigenvalue weighted by atomic mass is 9.83. The Morgan fingerprint density at radius 3 is 1.69 bits per heavy atom. The van der Waals surface area contributed by atoms with Crippen molar-refractivity contribution in [3.63, 3.8) is 0 Å². The third-order valence-electron chi connectivity index (χ3n) is 6.86. The molecule has 0 aliphatic carbocycles. The summed E-state index contributed by atoms with van der Waals surface area (Å²) in [6.45, 7) is 17.2. The Balaban J connectivity index is 2.05. The number of ether oxygens (including phenoxy) is 2. The minimum absolute atomic E-state index is 0.0196. The zero-order valence-electron chi connectivity index (χ0n) is 24.0. The third-order valence-corrected chi connectivity index (χ3v) is 11.9. The highest BCUT2D eigenvalue weighted by Gasteiger charge is 2.50. The zero-order valence-corrected chi connectivity index (χ0v) is 25.0. The van der Waals surface area contributed by atoms with Crippen LogP contribution in [0.15, 0.2) is 60.7 Å². The van der Waals surface area contributed by atoms with E-state index in [0.717, 1.165) is 25.7 Å². The molecule has 0 aromatic heterocycles. The molecule has 0 saturated carbocycles. The average Bonchev–Trinajstić information content (AvgIpc) is 2.80. The lowest BCUT2D eigenvalue weighted by Crippen LogP contribution is -2.66. The molecule has 0 radical (unpaired) electrons. The third kappa shape index (κ3) is 7.53. The van der Waals surface area contributed by atoms with E-state index in [1.807, 2.05) is 34.6 Å². The summed E-state index contributed by atoms with van der Waals surface area (Å²) in [6, 6.07) is 21.5. The van der Waals surface area contributed by atoms with Gasteiger partial charge in [-0.25, -0.2) is 0 Å². The summed E-state index contributed by atoms with van der Waals surface area (Å²) >= 11 is 0. The van der Waals surface area contributed by atoms with Crippen LogP contribution < -0.4 is 10.4 Å². The first kappa shape index (κ1) is 30.3.